The zero-order valence-corrected chi connectivity index (χ0v) is 14.3. The molecule has 0 bridgehead atoms. The summed E-state index contributed by atoms with van der Waals surface area (Å²) < 4.78 is 49.5. The molecule has 0 fully saturated rings. The average molecular weight is 362 g/mol. The Kier molecular flexibility index (Phi) is 5.89. The molecule has 0 spiro atoms. The highest BCUT2D eigenvalue weighted by Gasteiger charge is 2.34. The van der Waals surface area contributed by atoms with Crippen LogP contribution >= 0.6 is 0 Å². The van der Waals surface area contributed by atoms with Crippen molar-refractivity contribution in [1.82, 2.24) is 4.90 Å². The van der Waals surface area contributed by atoms with Crippen molar-refractivity contribution in [3.8, 4) is 5.75 Å². The zero-order valence-electron chi connectivity index (χ0n) is 14.3. The number of nitrogens with zero attached hydrogens (tertiary/aromatic N) is 2. The Morgan fingerprint density at radius 3 is 2.56 bits per heavy atom. The average Bonchev–Trinajstić information content (AvgIpc) is 2.51. The van der Waals surface area contributed by atoms with Gasteiger partial charge < -0.3 is 9.47 Å². The summed E-state index contributed by atoms with van der Waals surface area (Å²) in [4.78, 5) is 11.8. The summed E-state index contributed by atoms with van der Waals surface area (Å²) in [5.74, 6) is 0.362. The van der Waals surface area contributed by atoms with E-state index in [1.807, 2.05) is 13.8 Å². The summed E-state index contributed by atoms with van der Waals surface area (Å²) >= 11 is 0. The fraction of sp³-hybridized carbons (Fsp3) is 0.625. The molecule has 0 saturated carbocycles. The standard InChI is InChI=1S/C16H21F3N2O4/c1-10(2)11(3)20(8-16(17,18)19)6-12-4-14(21(22)23)5-13-7-24-9-25-15(12)13/h4-5,10-11H,6-9H2,1-3H3. The van der Waals surface area contributed by atoms with E-state index in [2.05, 4.69) is 0 Å². The molecule has 2 rings (SSSR count). The number of fused-ring (bicyclic) bond motifs is 1. The first kappa shape index (κ1) is 19.5. The Bertz CT molecular complexity index is 635. The van der Waals surface area contributed by atoms with Gasteiger partial charge in [-0.2, -0.15) is 13.2 Å². The highest BCUT2D eigenvalue weighted by atomic mass is 19.4. The SMILES string of the molecule is CC(C)C(C)N(Cc1cc([N+](=O)[O-])cc2c1OCOC2)CC(F)(F)F. The molecule has 1 atom stereocenters. The molecule has 0 N–H and O–H groups in total. The Hall–Kier alpha value is -1.87. The third-order valence-corrected chi connectivity index (χ3v) is 4.28. The van der Waals surface area contributed by atoms with Crippen molar-refractivity contribution >= 4 is 5.69 Å². The van der Waals surface area contributed by atoms with Crippen molar-refractivity contribution in [2.45, 2.75) is 46.1 Å². The van der Waals surface area contributed by atoms with Gasteiger partial charge in [-0.05, 0) is 12.8 Å². The molecule has 1 unspecified atom stereocenters. The van der Waals surface area contributed by atoms with Gasteiger partial charge in [0.05, 0.1) is 18.1 Å². The van der Waals surface area contributed by atoms with Crippen molar-refractivity contribution in [1.29, 1.82) is 0 Å². The number of alkyl halides is 3. The van der Waals surface area contributed by atoms with E-state index in [0.717, 1.165) is 0 Å². The first-order valence-corrected chi connectivity index (χ1v) is 7.90. The molecule has 1 heterocycles. The van der Waals surface area contributed by atoms with Gasteiger partial charge in [-0.1, -0.05) is 13.8 Å². The van der Waals surface area contributed by atoms with Gasteiger partial charge in [0.2, 0.25) is 0 Å². The van der Waals surface area contributed by atoms with Crippen LogP contribution in [0.15, 0.2) is 12.1 Å². The number of nitro benzene ring substituents is 1. The molecule has 1 aliphatic rings. The lowest BCUT2D eigenvalue weighted by atomic mass is 10.0. The summed E-state index contributed by atoms with van der Waals surface area (Å²) in [6, 6.07) is 2.25. The summed E-state index contributed by atoms with van der Waals surface area (Å²) in [5, 5.41) is 11.1. The molecule has 0 radical (unpaired) electrons. The Balaban J connectivity index is 2.39. The number of benzene rings is 1. The van der Waals surface area contributed by atoms with Gasteiger partial charge in [-0.3, -0.25) is 15.0 Å². The lowest BCUT2D eigenvalue weighted by Gasteiger charge is -2.33. The van der Waals surface area contributed by atoms with Gasteiger partial charge in [0.15, 0.2) is 6.79 Å². The van der Waals surface area contributed by atoms with Crippen molar-refractivity contribution in [3.05, 3.63) is 33.4 Å². The van der Waals surface area contributed by atoms with Crippen LogP contribution < -0.4 is 4.74 Å². The smallest absolute Gasteiger partial charge is 0.401 e. The predicted octanol–water partition coefficient (Wildman–Crippen LogP) is 3.87. The molecule has 1 aromatic rings. The van der Waals surface area contributed by atoms with Crippen LogP contribution in [0.25, 0.3) is 0 Å². The fourth-order valence-corrected chi connectivity index (χ4v) is 2.72. The molecule has 1 aliphatic heterocycles. The highest BCUT2D eigenvalue weighted by Crippen LogP contribution is 2.34. The molecular weight excluding hydrogens is 341 g/mol. The van der Waals surface area contributed by atoms with Gasteiger partial charge in [0.1, 0.15) is 5.75 Å². The molecule has 0 saturated heterocycles. The number of hydrogen-bond acceptors (Lipinski definition) is 5. The van der Waals surface area contributed by atoms with Gasteiger partial charge in [0.25, 0.3) is 5.69 Å². The normalized spacial score (nSPS) is 15.8. The van der Waals surface area contributed by atoms with Crippen LogP contribution in [0, 0.1) is 16.0 Å². The minimum atomic E-state index is -4.37. The van der Waals surface area contributed by atoms with Crippen LogP contribution in [0.4, 0.5) is 18.9 Å². The van der Waals surface area contributed by atoms with Crippen molar-refractivity contribution in [3.63, 3.8) is 0 Å². The van der Waals surface area contributed by atoms with Crippen molar-refractivity contribution < 1.29 is 27.6 Å². The molecule has 0 aromatic heterocycles. The number of non-ortho nitro benzene ring substituents is 1. The maximum absolute atomic E-state index is 13.0. The van der Waals surface area contributed by atoms with Crippen LogP contribution in [0.5, 0.6) is 5.75 Å². The number of hydrogen-bond donors (Lipinski definition) is 0. The zero-order chi connectivity index (χ0) is 18.8. The monoisotopic (exact) mass is 362 g/mol. The van der Waals surface area contributed by atoms with E-state index >= 15 is 0 Å². The number of ether oxygens (including phenoxy) is 2. The van der Waals surface area contributed by atoms with Crippen molar-refractivity contribution in [2.75, 3.05) is 13.3 Å². The quantitative estimate of drug-likeness (QED) is 0.568. The van der Waals surface area contributed by atoms with E-state index in [-0.39, 0.29) is 37.6 Å². The van der Waals surface area contributed by atoms with Crippen LogP contribution in [0.3, 0.4) is 0 Å². The number of nitro groups is 1. The van der Waals surface area contributed by atoms with Gasteiger partial charge in [-0.25, -0.2) is 0 Å². The third kappa shape index (κ3) is 5.05. The highest BCUT2D eigenvalue weighted by molar-refractivity contribution is 5.50. The second kappa shape index (κ2) is 7.57. The van der Waals surface area contributed by atoms with Crippen LogP contribution in [0.1, 0.15) is 31.9 Å². The third-order valence-electron chi connectivity index (χ3n) is 4.28. The largest absolute Gasteiger partial charge is 0.467 e. The Labute approximate surface area is 143 Å². The maximum atomic E-state index is 13.0. The van der Waals surface area contributed by atoms with Crippen LogP contribution in [0.2, 0.25) is 0 Å². The van der Waals surface area contributed by atoms with E-state index in [9.17, 15) is 23.3 Å². The molecule has 6 nitrogen and oxygen atoms in total. The lowest BCUT2D eigenvalue weighted by Crippen LogP contribution is -2.42. The summed E-state index contributed by atoms with van der Waals surface area (Å²) in [6.07, 6.45) is -4.37. The summed E-state index contributed by atoms with van der Waals surface area (Å²) in [5.41, 5.74) is 0.649. The topological polar surface area (TPSA) is 64.8 Å². The lowest BCUT2D eigenvalue weighted by molar-refractivity contribution is -0.385. The van der Waals surface area contributed by atoms with Crippen LogP contribution in [-0.4, -0.2) is 35.4 Å². The number of rotatable bonds is 6. The predicted molar refractivity (Wildman–Crippen MR) is 84.1 cm³/mol. The first-order chi connectivity index (χ1) is 11.6. The molecule has 1 aromatic carbocycles. The second-order valence-electron chi connectivity index (χ2n) is 6.47. The Morgan fingerprint density at radius 1 is 1.32 bits per heavy atom. The Morgan fingerprint density at radius 2 is 2.00 bits per heavy atom. The molecule has 9 heteroatoms. The molecule has 25 heavy (non-hydrogen) atoms. The molecule has 0 amide bonds. The van der Waals surface area contributed by atoms with Gasteiger partial charge in [-0.15, -0.1) is 0 Å². The first-order valence-electron chi connectivity index (χ1n) is 7.90. The fourth-order valence-electron chi connectivity index (χ4n) is 2.72. The van der Waals surface area contributed by atoms with E-state index in [4.69, 9.17) is 9.47 Å². The second-order valence-corrected chi connectivity index (χ2v) is 6.47. The maximum Gasteiger partial charge on any atom is 0.401 e. The minimum Gasteiger partial charge on any atom is -0.467 e. The van der Waals surface area contributed by atoms with Gasteiger partial charge in [0, 0.05) is 35.8 Å². The number of halogens is 3. The van der Waals surface area contributed by atoms with Gasteiger partial charge >= 0.3 is 6.18 Å². The molecular formula is C16H21F3N2O4. The van der Waals surface area contributed by atoms with E-state index in [1.54, 1.807) is 6.92 Å². The summed E-state index contributed by atoms with van der Waals surface area (Å²) in [6.45, 7) is 4.29. The van der Waals surface area contributed by atoms with Crippen LogP contribution in [-0.2, 0) is 17.9 Å². The van der Waals surface area contributed by atoms with E-state index in [1.165, 1.54) is 17.0 Å². The van der Waals surface area contributed by atoms with E-state index in [0.29, 0.717) is 16.9 Å². The molecule has 0 aliphatic carbocycles. The minimum absolute atomic E-state index is 0.0128. The van der Waals surface area contributed by atoms with Crippen molar-refractivity contribution in [2.24, 2.45) is 5.92 Å². The molecule has 140 valence electrons. The van der Waals surface area contributed by atoms with E-state index < -0.39 is 17.6 Å². The summed E-state index contributed by atoms with van der Waals surface area (Å²) in [7, 11) is 0.